The molecule has 0 aliphatic heterocycles. The van der Waals surface area contributed by atoms with Crippen LogP contribution < -0.4 is 0 Å². The highest BCUT2D eigenvalue weighted by atomic mass is 32.3. The zero-order chi connectivity index (χ0) is 29.8. The van der Waals surface area contributed by atoms with Gasteiger partial charge in [0.1, 0.15) is 6.10 Å². The largest absolute Gasteiger partial charge is 0.397 e. The van der Waals surface area contributed by atoms with Crippen LogP contribution in [-0.2, 0) is 29.2 Å². The van der Waals surface area contributed by atoms with Gasteiger partial charge in [0.2, 0.25) is 0 Å². The summed E-state index contributed by atoms with van der Waals surface area (Å²) in [5, 5.41) is 34.7. The minimum atomic E-state index is -4.73. The zero-order valence-corrected chi connectivity index (χ0v) is 25.6. The van der Waals surface area contributed by atoms with Crippen LogP contribution in [0.2, 0.25) is 0 Å². The molecule has 0 spiro atoms. The Bertz CT molecular complexity index is 1110. The molecule has 4 fully saturated rings. The van der Waals surface area contributed by atoms with Gasteiger partial charge in [0.25, 0.3) is 0 Å². The second-order valence-corrected chi connectivity index (χ2v) is 16.0. The van der Waals surface area contributed by atoms with Crippen molar-refractivity contribution in [3.63, 3.8) is 0 Å². The third kappa shape index (κ3) is 6.14. The maximum Gasteiger partial charge on any atom is 0.397 e. The van der Waals surface area contributed by atoms with Crippen LogP contribution >= 0.6 is 0 Å². The average molecular weight is 613 g/mol. The van der Waals surface area contributed by atoms with Crippen LogP contribution in [0.3, 0.4) is 0 Å². The third-order valence-electron chi connectivity index (χ3n) is 11.5. The highest BCUT2D eigenvalue weighted by Gasteiger charge is 2.68. The molecule has 4 aliphatic rings. The molecule has 0 bridgehead atoms. The summed E-state index contributed by atoms with van der Waals surface area (Å²) in [6.07, 6.45) is 1.56. The first kappa shape index (κ1) is 32.5. The van der Waals surface area contributed by atoms with Crippen molar-refractivity contribution in [2.75, 3.05) is 6.61 Å². The molecule has 0 saturated heterocycles. The van der Waals surface area contributed by atoms with Crippen molar-refractivity contribution in [2.45, 2.75) is 110 Å². The van der Waals surface area contributed by atoms with Gasteiger partial charge in [0, 0.05) is 5.41 Å². The maximum atomic E-state index is 11.8. The number of hydrogen-bond acceptors (Lipinski definition) is 9. The SMILES string of the molecule is CC(C)CCC[C@@H](COS(=O)(=O)O)[C@H]1CC[C@H]2[C@@H]3CC[C@@H]4[C@H](O)[C@H](OS(=O)(=O)O)CC[C@]4(C)[C@H]3[C@@H](O)[C@@H](O)[C@]12C. The molecule has 0 amide bonds. The second-order valence-electron chi connectivity index (χ2n) is 13.9. The summed E-state index contributed by atoms with van der Waals surface area (Å²) in [6.45, 7) is 8.06. The molecule has 0 unspecified atom stereocenters. The van der Waals surface area contributed by atoms with E-state index in [-0.39, 0.29) is 48.5 Å². The molecule has 0 aromatic carbocycles. The number of rotatable bonds is 10. The smallest absolute Gasteiger partial charge is 0.390 e. The summed E-state index contributed by atoms with van der Waals surface area (Å²) in [5.41, 5.74) is -1.27. The van der Waals surface area contributed by atoms with Gasteiger partial charge in [-0.1, -0.05) is 40.5 Å². The molecular weight excluding hydrogens is 564 g/mol. The molecule has 0 aromatic rings. The summed E-state index contributed by atoms with van der Waals surface area (Å²) in [7, 11) is -9.35. The quantitative estimate of drug-likeness (QED) is 0.228. The normalized spacial score (nSPS) is 44.6. The Kier molecular flexibility index (Phi) is 9.44. The van der Waals surface area contributed by atoms with Gasteiger partial charge in [-0.3, -0.25) is 9.11 Å². The summed E-state index contributed by atoms with van der Waals surface area (Å²) >= 11 is 0. The van der Waals surface area contributed by atoms with E-state index in [0.717, 1.165) is 25.7 Å². The Morgan fingerprint density at radius 3 is 2.10 bits per heavy atom. The van der Waals surface area contributed by atoms with Gasteiger partial charge in [-0.15, -0.1) is 0 Å². The van der Waals surface area contributed by atoms with Gasteiger partial charge in [-0.05, 0) is 91.8 Å². The van der Waals surface area contributed by atoms with Crippen LogP contribution in [0.4, 0.5) is 0 Å². The Balaban J connectivity index is 1.60. The fourth-order valence-electron chi connectivity index (χ4n) is 9.81. The van der Waals surface area contributed by atoms with Crippen molar-refractivity contribution in [2.24, 2.45) is 52.3 Å². The van der Waals surface area contributed by atoms with Crippen molar-refractivity contribution >= 4 is 20.8 Å². The highest BCUT2D eigenvalue weighted by molar-refractivity contribution is 7.81. The molecule has 13 heteroatoms. The van der Waals surface area contributed by atoms with Crippen LogP contribution in [0.25, 0.3) is 0 Å². The molecule has 11 nitrogen and oxygen atoms in total. The molecule has 5 N–H and O–H groups in total. The van der Waals surface area contributed by atoms with Gasteiger partial charge in [-0.2, -0.15) is 16.8 Å². The fourth-order valence-corrected chi connectivity index (χ4v) is 10.7. The first-order chi connectivity index (χ1) is 18.4. The Morgan fingerprint density at radius 2 is 1.50 bits per heavy atom. The van der Waals surface area contributed by atoms with Crippen LogP contribution in [0.5, 0.6) is 0 Å². The second kappa shape index (κ2) is 11.6. The molecule has 0 aromatic heterocycles. The number of aliphatic hydroxyl groups excluding tert-OH is 3. The molecule has 12 atom stereocenters. The predicted octanol–water partition coefficient (Wildman–Crippen LogP) is 3.01. The van der Waals surface area contributed by atoms with Gasteiger partial charge >= 0.3 is 20.8 Å². The maximum absolute atomic E-state index is 11.8. The molecular formula is C27H48O11S2. The van der Waals surface area contributed by atoms with E-state index >= 15 is 0 Å². The molecule has 0 heterocycles. The fraction of sp³-hybridized carbons (Fsp3) is 1.00. The van der Waals surface area contributed by atoms with E-state index < -0.39 is 56.0 Å². The molecule has 4 saturated carbocycles. The monoisotopic (exact) mass is 612 g/mol. The van der Waals surface area contributed by atoms with Crippen LogP contribution in [0.15, 0.2) is 0 Å². The first-order valence-corrected chi connectivity index (χ1v) is 17.4. The number of fused-ring (bicyclic) bond motifs is 5. The van der Waals surface area contributed by atoms with E-state index in [0.29, 0.717) is 31.6 Å². The first-order valence-electron chi connectivity index (χ1n) is 14.7. The summed E-state index contributed by atoms with van der Waals surface area (Å²) in [5.74, 6) is -0.455. The molecule has 40 heavy (non-hydrogen) atoms. The molecule has 4 aliphatic carbocycles. The molecule has 0 radical (unpaired) electrons. The minimum absolute atomic E-state index is 0.0553. The van der Waals surface area contributed by atoms with Crippen molar-refractivity contribution in [1.29, 1.82) is 0 Å². The van der Waals surface area contributed by atoms with Crippen LogP contribution in [-0.4, -0.2) is 72.3 Å². The predicted molar refractivity (Wildman–Crippen MR) is 145 cm³/mol. The average Bonchev–Trinajstić information content (AvgIpc) is 3.18. The van der Waals surface area contributed by atoms with Gasteiger partial charge < -0.3 is 15.3 Å². The molecule has 4 rings (SSSR count). The Morgan fingerprint density at radius 1 is 0.850 bits per heavy atom. The van der Waals surface area contributed by atoms with Crippen molar-refractivity contribution in [3.05, 3.63) is 0 Å². The van der Waals surface area contributed by atoms with Crippen molar-refractivity contribution in [1.82, 2.24) is 0 Å². The lowest BCUT2D eigenvalue weighted by atomic mass is 9.42. The van der Waals surface area contributed by atoms with Gasteiger partial charge in [-0.25, -0.2) is 8.37 Å². The molecule has 234 valence electrons. The lowest BCUT2D eigenvalue weighted by molar-refractivity contribution is -0.244. The van der Waals surface area contributed by atoms with Crippen molar-refractivity contribution in [3.8, 4) is 0 Å². The minimum Gasteiger partial charge on any atom is -0.390 e. The van der Waals surface area contributed by atoms with E-state index in [4.69, 9.17) is 8.37 Å². The Labute approximate surface area is 238 Å². The van der Waals surface area contributed by atoms with E-state index in [1.165, 1.54) is 0 Å². The third-order valence-corrected chi connectivity index (χ3v) is 12.4. The van der Waals surface area contributed by atoms with E-state index in [9.17, 15) is 41.3 Å². The van der Waals surface area contributed by atoms with Crippen LogP contribution in [0.1, 0.15) is 85.5 Å². The summed E-state index contributed by atoms with van der Waals surface area (Å²) in [6, 6.07) is 0. The topological polar surface area (TPSA) is 188 Å². The zero-order valence-electron chi connectivity index (χ0n) is 23.9. The lowest BCUT2D eigenvalue weighted by Gasteiger charge is -2.64. The summed E-state index contributed by atoms with van der Waals surface area (Å²) in [4.78, 5) is 0. The van der Waals surface area contributed by atoms with Gasteiger partial charge in [0.05, 0.1) is 24.9 Å². The van der Waals surface area contributed by atoms with E-state index in [1.54, 1.807) is 0 Å². The number of hydrogen-bond donors (Lipinski definition) is 5. The standard InChI is InChI=1S/C27H48O11S2/c1-15(2)6-5-7-16(14-37-39(31,32)33)18-10-11-19-17-8-9-20-23(28)21(38-40(34,35)36)12-13-26(20,3)22(17)24(29)25(30)27(18,19)4/h15-25,28-30H,5-14H2,1-4H3,(H,31,32,33)(H,34,35,36)/t16-,17-,18+,19-,20+,21+,22+,23-,24+,25+,26-,27+/m0/s1. The highest BCUT2D eigenvalue weighted by Crippen LogP contribution is 2.68. The Hall–Kier alpha value is -0.380. The van der Waals surface area contributed by atoms with E-state index in [1.807, 2.05) is 13.8 Å². The van der Waals surface area contributed by atoms with Crippen LogP contribution in [0, 0.1) is 52.3 Å². The van der Waals surface area contributed by atoms with Crippen molar-refractivity contribution < 1.29 is 49.6 Å². The number of aliphatic hydroxyl groups is 3. The summed E-state index contributed by atoms with van der Waals surface area (Å²) < 4.78 is 73.8. The lowest BCUT2D eigenvalue weighted by Crippen LogP contribution is -2.67. The van der Waals surface area contributed by atoms with E-state index in [2.05, 4.69) is 13.8 Å². The van der Waals surface area contributed by atoms with Gasteiger partial charge in [0.15, 0.2) is 0 Å².